The summed E-state index contributed by atoms with van der Waals surface area (Å²) in [4.78, 5) is 15.5. The fraction of sp³-hybridized carbons (Fsp3) is 0.727. The first kappa shape index (κ1) is 10.7. The van der Waals surface area contributed by atoms with E-state index in [1.807, 2.05) is 4.68 Å². The Hall–Kier alpha value is -1.43. The molecule has 2 unspecified atom stereocenters. The molecule has 0 bridgehead atoms. The Labute approximate surface area is 99.0 Å². The number of carboxylic acids is 1. The van der Waals surface area contributed by atoms with Gasteiger partial charge in [-0.2, -0.15) is 5.10 Å². The fourth-order valence-corrected chi connectivity index (χ4v) is 2.58. The summed E-state index contributed by atoms with van der Waals surface area (Å²) in [5.74, 6) is 1.11. The molecule has 3 rings (SSSR count). The Bertz CT molecular complexity index is 437. The molecule has 17 heavy (non-hydrogen) atoms. The van der Waals surface area contributed by atoms with E-state index in [-0.39, 0.29) is 5.92 Å². The van der Waals surface area contributed by atoms with Crippen LogP contribution in [0.5, 0.6) is 0 Å². The van der Waals surface area contributed by atoms with Crippen molar-refractivity contribution in [2.45, 2.75) is 31.7 Å². The molecule has 0 spiro atoms. The Morgan fingerprint density at radius 1 is 1.47 bits per heavy atom. The summed E-state index contributed by atoms with van der Waals surface area (Å²) >= 11 is 0. The van der Waals surface area contributed by atoms with Gasteiger partial charge in [0.25, 0.3) is 0 Å². The second-order valence-electron chi connectivity index (χ2n) is 4.83. The number of carboxylic acid groups (broad SMARTS) is 1. The number of aromatic nitrogens is 3. The molecule has 1 fully saturated rings. The minimum atomic E-state index is -0.719. The van der Waals surface area contributed by atoms with Crippen LogP contribution in [-0.4, -0.2) is 38.9 Å². The van der Waals surface area contributed by atoms with Crippen LogP contribution in [-0.2, 0) is 17.8 Å². The van der Waals surface area contributed by atoms with Gasteiger partial charge in [-0.15, -0.1) is 0 Å². The van der Waals surface area contributed by atoms with Gasteiger partial charge in [-0.3, -0.25) is 4.79 Å². The van der Waals surface area contributed by atoms with Crippen LogP contribution in [0.25, 0.3) is 0 Å². The summed E-state index contributed by atoms with van der Waals surface area (Å²) in [6, 6.07) is 0. The van der Waals surface area contributed by atoms with Crippen molar-refractivity contribution in [2.75, 3.05) is 13.1 Å². The molecule has 0 radical (unpaired) electrons. The molecule has 1 aromatic heterocycles. The standard InChI is InChI=1S/C11H16N4O2/c16-11(17)7-2-4-15-9(5-7)13-10(14-15)8-1-3-12-6-8/h7-8,12H,1-6H2,(H,16,17). The van der Waals surface area contributed by atoms with E-state index in [2.05, 4.69) is 15.4 Å². The van der Waals surface area contributed by atoms with E-state index in [1.54, 1.807) is 0 Å². The molecule has 92 valence electrons. The molecule has 0 aliphatic carbocycles. The Morgan fingerprint density at radius 2 is 2.35 bits per heavy atom. The Morgan fingerprint density at radius 3 is 3.06 bits per heavy atom. The van der Waals surface area contributed by atoms with Crippen molar-refractivity contribution in [2.24, 2.45) is 5.92 Å². The summed E-state index contributed by atoms with van der Waals surface area (Å²) in [6.45, 7) is 2.64. The molecule has 3 heterocycles. The average molecular weight is 236 g/mol. The highest BCUT2D eigenvalue weighted by Gasteiger charge is 2.29. The molecule has 2 aliphatic heterocycles. The predicted molar refractivity (Wildman–Crippen MR) is 59.7 cm³/mol. The lowest BCUT2D eigenvalue weighted by Crippen LogP contribution is -2.26. The smallest absolute Gasteiger partial charge is 0.307 e. The molecule has 6 heteroatoms. The van der Waals surface area contributed by atoms with E-state index in [4.69, 9.17) is 5.11 Å². The number of hydrogen-bond acceptors (Lipinski definition) is 4. The number of aliphatic carboxylic acids is 1. The molecule has 6 nitrogen and oxygen atoms in total. The molecule has 0 aromatic carbocycles. The van der Waals surface area contributed by atoms with Gasteiger partial charge < -0.3 is 10.4 Å². The van der Waals surface area contributed by atoms with Gasteiger partial charge >= 0.3 is 5.97 Å². The van der Waals surface area contributed by atoms with Crippen LogP contribution in [0.15, 0.2) is 0 Å². The van der Waals surface area contributed by atoms with Gasteiger partial charge in [-0.05, 0) is 19.4 Å². The topological polar surface area (TPSA) is 80.0 Å². The van der Waals surface area contributed by atoms with E-state index in [9.17, 15) is 4.79 Å². The lowest BCUT2D eigenvalue weighted by molar-refractivity contribution is -0.142. The Kier molecular flexibility index (Phi) is 2.58. The van der Waals surface area contributed by atoms with Crippen LogP contribution < -0.4 is 5.32 Å². The minimum absolute atomic E-state index is 0.291. The number of carbonyl (C=O) groups is 1. The highest BCUT2D eigenvalue weighted by Crippen LogP contribution is 2.23. The summed E-state index contributed by atoms with van der Waals surface area (Å²) in [5, 5.41) is 16.8. The van der Waals surface area contributed by atoms with Gasteiger partial charge in [0, 0.05) is 25.4 Å². The maximum atomic E-state index is 11.0. The first-order valence-electron chi connectivity index (χ1n) is 6.11. The monoisotopic (exact) mass is 236 g/mol. The number of nitrogens with one attached hydrogen (secondary N) is 1. The molecule has 1 saturated heterocycles. The first-order chi connectivity index (χ1) is 8.24. The number of fused-ring (bicyclic) bond motifs is 1. The van der Waals surface area contributed by atoms with Crippen molar-refractivity contribution in [3.8, 4) is 0 Å². The highest BCUT2D eigenvalue weighted by molar-refractivity contribution is 5.70. The van der Waals surface area contributed by atoms with E-state index in [1.165, 1.54) is 0 Å². The highest BCUT2D eigenvalue weighted by atomic mass is 16.4. The van der Waals surface area contributed by atoms with Crippen molar-refractivity contribution in [3.63, 3.8) is 0 Å². The molecule has 2 aliphatic rings. The van der Waals surface area contributed by atoms with Gasteiger partial charge in [0.1, 0.15) is 5.82 Å². The minimum Gasteiger partial charge on any atom is -0.481 e. The number of rotatable bonds is 2. The van der Waals surface area contributed by atoms with E-state index in [0.717, 1.165) is 31.2 Å². The lowest BCUT2D eigenvalue weighted by Gasteiger charge is -2.17. The van der Waals surface area contributed by atoms with Crippen molar-refractivity contribution in [1.29, 1.82) is 0 Å². The Balaban J connectivity index is 1.81. The average Bonchev–Trinajstić information content (AvgIpc) is 2.96. The van der Waals surface area contributed by atoms with Crippen LogP contribution in [0, 0.1) is 5.92 Å². The largest absolute Gasteiger partial charge is 0.481 e. The van der Waals surface area contributed by atoms with Gasteiger partial charge in [0.2, 0.25) is 0 Å². The summed E-state index contributed by atoms with van der Waals surface area (Å²) in [6.07, 6.45) is 2.25. The van der Waals surface area contributed by atoms with E-state index in [0.29, 0.717) is 25.3 Å². The van der Waals surface area contributed by atoms with Crippen LogP contribution in [0.4, 0.5) is 0 Å². The summed E-state index contributed by atoms with van der Waals surface area (Å²) in [7, 11) is 0. The third kappa shape index (κ3) is 1.93. The summed E-state index contributed by atoms with van der Waals surface area (Å²) in [5.41, 5.74) is 0. The van der Waals surface area contributed by atoms with Gasteiger partial charge in [-0.1, -0.05) is 0 Å². The third-order valence-electron chi connectivity index (χ3n) is 3.66. The molecule has 0 amide bonds. The second-order valence-corrected chi connectivity index (χ2v) is 4.83. The summed E-state index contributed by atoms with van der Waals surface area (Å²) < 4.78 is 1.88. The van der Waals surface area contributed by atoms with Crippen LogP contribution >= 0.6 is 0 Å². The molecule has 1 aromatic rings. The number of aryl methyl sites for hydroxylation is 1. The van der Waals surface area contributed by atoms with Crippen LogP contribution in [0.1, 0.15) is 30.4 Å². The van der Waals surface area contributed by atoms with Gasteiger partial charge in [0.05, 0.1) is 5.92 Å². The van der Waals surface area contributed by atoms with Crippen molar-refractivity contribution < 1.29 is 9.90 Å². The maximum absolute atomic E-state index is 11.0. The quantitative estimate of drug-likeness (QED) is 0.755. The normalized spacial score (nSPS) is 28.0. The number of hydrogen-bond donors (Lipinski definition) is 2. The van der Waals surface area contributed by atoms with Crippen molar-refractivity contribution in [3.05, 3.63) is 11.6 Å². The molecule has 2 atom stereocenters. The van der Waals surface area contributed by atoms with Crippen LogP contribution in [0.2, 0.25) is 0 Å². The molecular weight excluding hydrogens is 220 g/mol. The zero-order chi connectivity index (χ0) is 11.8. The van der Waals surface area contributed by atoms with E-state index < -0.39 is 5.97 Å². The lowest BCUT2D eigenvalue weighted by atomic mass is 9.98. The van der Waals surface area contributed by atoms with Crippen molar-refractivity contribution in [1.82, 2.24) is 20.1 Å². The SMILES string of the molecule is O=C(O)C1CCn2nc(C3CCNC3)nc2C1. The zero-order valence-electron chi connectivity index (χ0n) is 9.59. The van der Waals surface area contributed by atoms with Gasteiger partial charge in [0.15, 0.2) is 5.82 Å². The second kappa shape index (κ2) is 4.10. The molecule has 0 saturated carbocycles. The fourth-order valence-electron chi connectivity index (χ4n) is 2.58. The van der Waals surface area contributed by atoms with Crippen molar-refractivity contribution >= 4 is 5.97 Å². The predicted octanol–water partition coefficient (Wildman–Crippen LogP) is 0.00200. The zero-order valence-corrected chi connectivity index (χ0v) is 9.59. The molecule has 2 N–H and O–H groups in total. The third-order valence-corrected chi connectivity index (χ3v) is 3.66. The van der Waals surface area contributed by atoms with E-state index >= 15 is 0 Å². The van der Waals surface area contributed by atoms with Crippen LogP contribution in [0.3, 0.4) is 0 Å². The number of nitrogens with zero attached hydrogens (tertiary/aromatic N) is 3. The molecular formula is C11H16N4O2. The first-order valence-corrected chi connectivity index (χ1v) is 6.11. The maximum Gasteiger partial charge on any atom is 0.307 e. The van der Waals surface area contributed by atoms with Gasteiger partial charge in [-0.25, -0.2) is 9.67 Å².